The molecule has 6 heteroatoms. The molecule has 0 radical (unpaired) electrons. The third kappa shape index (κ3) is 7.98. The van der Waals surface area contributed by atoms with Crippen LogP contribution in [0.25, 0.3) is 0 Å². The predicted octanol–water partition coefficient (Wildman–Crippen LogP) is 2.15. The van der Waals surface area contributed by atoms with E-state index in [1.807, 2.05) is 6.92 Å². The lowest BCUT2D eigenvalue weighted by Crippen LogP contribution is -1.88. The van der Waals surface area contributed by atoms with E-state index >= 15 is 0 Å². The van der Waals surface area contributed by atoms with Crippen molar-refractivity contribution in [1.29, 1.82) is 0 Å². The Labute approximate surface area is 84.5 Å². The van der Waals surface area contributed by atoms with Gasteiger partial charge in [0.1, 0.15) is 5.37 Å². The Morgan fingerprint density at radius 1 is 1.67 bits per heavy atom. The maximum atomic E-state index is 9.79. The molecule has 0 amide bonds. The minimum atomic E-state index is -0.0380. The zero-order valence-corrected chi connectivity index (χ0v) is 8.97. The fourth-order valence-electron chi connectivity index (χ4n) is 0.371. The Kier molecular flexibility index (Phi) is 8.88. The number of isothiocyanates is 1. The lowest BCUT2D eigenvalue weighted by atomic mass is 10.8. The maximum absolute atomic E-state index is 9.79. The van der Waals surface area contributed by atoms with E-state index in [1.54, 1.807) is 10.8 Å². The molecule has 0 aliphatic rings. The van der Waals surface area contributed by atoms with E-state index in [0.29, 0.717) is 6.54 Å². The molecule has 1 unspecified atom stereocenters. The van der Waals surface area contributed by atoms with Crippen LogP contribution in [0.4, 0.5) is 0 Å². The van der Waals surface area contributed by atoms with Crippen molar-refractivity contribution in [2.24, 2.45) is 9.98 Å². The van der Waals surface area contributed by atoms with Crippen molar-refractivity contribution in [3.63, 3.8) is 0 Å². The fraction of sp³-hybridized carbons (Fsp3) is 0.667. The van der Waals surface area contributed by atoms with E-state index in [2.05, 4.69) is 27.4 Å². The van der Waals surface area contributed by atoms with Gasteiger partial charge in [-0.15, -0.1) is 0 Å². The summed E-state index contributed by atoms with van der Waals surface area (Å²) in [6.45, 7) is 2.50. The van der Waals surface area contributed by atoms with Gasteiger partial charge in [-0.05, 0) is 19.1 Å². The summed E-state index contributed by atoms with van der Waals surface area (Å²) in [4.78, 5) is 17.0. The number of isocyanates is 1. The molecule has 0 aliphatic heterocycles. The minimum absolute atomic E-state index is 0.0380. The second kappa shape index (κ2) is 8.97. The smallest absolute Gasteiger partial charge is 0.232 e. The first-order valence-corrected chi connectivity index (χ1v) is 5.99. The van der Waals surface area contributed by atoms with Gasteiger partial charge in [0.25, 0.3) is 0 Å². The first-order valence-electron chi connectivity index (χ1n) is 3.20. The van der Waals surface area contributed by atoms with Gasteiger partial charge in [-0.25, -0.2) is 9.79 Å². The van der Waals surface area contributed by atoms with Gasteiger partial charge in [0.05, 0.1) is 11.7 Å². The predicted molar refractivity (Wildman–Crippen MR) is 57.5 cm³/mol. The van der Waals surface area contributed by atoms with Crippen LogP contribution in [0.15, 0.2) is 9.98 Å². The maximum Gasteiger partial charge on any atom is 0.236 e. The largest absolute Gasteiger partial charge is 0.236 e. The summed E-state index contributed by atoms with van der Waals surface area (Å²) in [5.41, 5.74) is 0. The number of hydrogen-bond donors (Lipinski definition) is 0. The Bertz CT molecular complexity index is 209. The zero-order chi connectivity index (χ0) is 9.23. The molecule has 0 aromatic carbocycles. The van der Waals surface area contributed by atoms with E-state index in [1.165, 1.54) is 16.9 Å². The number of carbonyl (C=O) groups excluding carboxylic acids is 1. The van der Waals surface area contributed by atoms with Crippen LogP contribution in [0.5, 0.6) is 0 Å². The lowest BCUT2D eigenvalue weighted by molar-refractivity contribution is 0.563. The van der Waals surface area contributed by atoms with Crippen molar-refractivity contribution in [3.05, 3.63) is 0 Å². The molecule has 0 rings (SSSR count). The van der Waals surface area contributed by atoms with Crippen molar-refractivity contribution >= 4 is 45.0 Å². The van der Waals surface area contributed by atoms with Crippen LogP contribution in [0.3, 0.4) is 0 Å². The van der Waals surface area contributed by atoms with Gasteiger partial charge in [0, 0.05) is 5.75 Å². The molecular formula is C6H8N2OS3. The summed E-state index contributed by atoms with van der Waals surface area (Å²) in [5, 5.41) is 2.24. The van der Waals surface area contributed by atoms with E-state index in [0.717, 1.165) is 5.75 Å². The SMILES string of the molecule is CC(N=C=O)SSCCN=C=S. The van der Waals surface area contributed by atoms with Gasteiger partial charge in [-0.3, -0.25) is 0 Å². The first kappa shape index (κ1) is 11.9. The third-order valence-electron chi connectivity index (χ3n) is 0.793. The van der Waals surface area contributed by atoms with Crippen molar-refractivity contribution in [3.8, 4) is 0 Å². The Balaban J connectivity index is 3.30. The van der Waals surface area contributed by atoms with Gasteiger partial charge in [0.2, 0.25) is 6.08 Å². The van der Waals surface area contributed by atoms with Gasteiger partial charge >= 0.3 is 0 Å². The molecule has 0 saturated heterocycles. The highest BCUT2D eigenvalue weighted by molar-refractivity contribution is 8.76. The first-order chi connectivity index (χ1) is 5.81. The molecule has 12 heavy (non-hydrogen) atoms. The second-order valence-corrected chi connectivity index (χ2v) is 4.70. The monoisotopic (exact) mass is 220 g/mol. The molecule has 3 nitrogen and oxygen atoms in total. The highest BCUT2D eigenvalue weighted by Crippen LogP contribution is 2.26. The van der Waals surface area contributed by atoms with Gasteiger partial charge in [0.15, 0.2) is 0 Å². The van der Waals surface area contributed by atoms with Crippen LogP contribution in [-0.2, 0) is 4.79 Å². The van der Waals surface area contributed by atoms with Crippen molar-refractivity contribution < 1.29 is 4.79 Å². The molecule has 1 atom stereocenters. The summed E-state index contributed by atoms with van der Waals surface area (Å²) < 4.78 is 0. The quantitative estimate of drug-likeness (QED) is 0.226. The van der Waals surface area contributed by atoms with E-state index in [9.17, 15) is 4.79 Å². The van der Waals surface area contributed by atoms with Crippen molar-refractivity contribution in [1.82, 2.24) is 0 Å². The Morgan fingerprint density at radius 3 is 3.00 bits per heavy atom. The third-order valence-corrected chi connectivity index (χ3v) is 3.53. The summed E-state index contributed by atoms with van der Waals surface area (Å²) >= 11 is 4.39. The molecule has 0 N–H and O–H groups in total. The Morgan fingerprint density at radius 2 is 2.42 bits per heavy atom. The molecule has 66 valence electrons. The average molecular weight is 220 g/mol. The average Bonchev–Trinajstić information content (AvgIpc) is 2.05. The molecule has 0 aromatic rings. The molecule has 0 heterocycles. The molecular weight excluding hydrogens is 212 g/mol. The summed E-state index contributed by atoms with van der Waals surface area (Å²) in [6, 6.07) is 0. The van der Waals surface area contributed by atoms with Gasteiger partial charge in [-0.1, -0.05) is 21.6 Å². The zero-order valence-electron chi connectivity index (χ0n) is 6.52. The summed E-state index contributed by atoms with van der Waals surface area (Å²) in [6.07, 6.45) is 1.51. The van der Waals surface area contributed by atoms with Crippen LogP contribution in [-0.4, -0.2) is 28.9 Å². The molecule has 0 aromatic heterocycles. The van der Waals surface area contributed by atoms with E-state index in [-0.39, 0.29) is 5.37 Å². The number of hydrogen-bond acceptors (Lipinski definition) is 6. The summed E-state index contributed by atoms with van der Waals surface area (Å²) in [5.74, 6) is 0.854. The fourth-order valence-corrected chi connectivity index (χ4v) is 2.24. The lowest BCUT2D eigenvalue weighted by Gasteiger charge is -1.99. The van der Waals surface area contributed by atoms with Crippen LogP contribution >= 0.6 is 33.8 Å². The molecule has 0 saturated carbocycles. The summed E-state index contributed by atoms with van der Waals surface area (Å²) in [7, 11) is 3.12. The van der Waals surface area contributed by atoms with Gasteiger partial charge in [-0.2, -0.15) is 4.99 Å². The van der Waals surface area contributed by atoms with Crippen molar-refractivity contribution in [2.45, 2.75) is 12.3 Å². The standard InChI is InChI=1S/C6H8N2OS3/c1-6(8-4-9)12-11-3-2-7-5-10/h6H,2-3H2,1H3. The number of rotatable bonds is 6. The number of aliphatic imine (C=N–C) groups is 2. The van der Waals surface area contributed by atoms with Crippen LogP contribution in [0.2, 0.25) is 0 Å². The number of nitrogens with zero attached hydrogens (tertiary/aromatic N) is 2. The van der Waals surface area contributed by atoms with Crippen molar-refractivity contribution in [2.75, 3.05) is 12.3 Å². The molecule has 0 fully saturated rings. The van der Waals surface area contributed by atoms with Gasteiger partial charge < -0.3 is 0 Å². The number of thiocarbonyl (C=S) groups is 1. The minimum Gasteiger partial charge on any atom is -0.232 e. The van der Waals surface area contributed by atoms with E-state index < -0.39 is 0 Å². The second-order valence-electron chi connectivity index (χ2n) is 1.71. The highest BCUT2D eigenvalue weighted by atomic mass is 33.1. The highest BCUT2D eigenvalue weighted by Gasteiger charge is 1.98. The van der Waals surface area contributed by atoms with Crippen LogP contribution < -0.4 is 0 Å². The van der Waals surface area contributed by atoms with Crippen LogP contribution in [0, 0.1) is 0 Å². The Hall–Kier alpha value is -0.120. The molecule has 0 aliphatic carbocycles. The molecule has 0 spiro atoms. The normalized spacial score (nSPS) is 11.1. The van der Waals surface area contributed by atoms with Crippen LogP contribution in [0.1, 0.15) is 6.92 Å². The van der Waals surface area contributed by atoms with E-state index in [4.69, 9.17) is 0 Å². The molecule has 0 bridgehead atoms. The topological polar surface area (TPSA) is 41.8 Å².